The monoisotopic (exact) mass is 583 g/mol. The van der Waals surface area contributed by atoms with Crippen LogP contribution in [-0.2, 0) is 10.8 Å². The van der Waals surface area contributed by atoms with Crippen LogP contribution in [0.2, 0.25) is 0 Å². The Balaban J connectivity index is 1.33. The standard InChI is InChI=1S/C39H40N4O/c1-38(2,3)26-20-21-40-37(22-26)43-32-13-9-8-12-29(32)30-18-16-27(23-35(30)43)44-28-17-19-31(39(4,5)6)36(24-28)42-25-41(7)33-14-10-11-15-34(33)42/h8-24H,25H2,1-7H3/i7D3. The first-order chi connectivity index (χ1) is 22.2. The van der Waals surface area contributed by atoms with Gasteiger partial charge in [0, 0.05) is 40.2 Å². The number of nitrogens with zero attached hydrogens (tertiary/aromatic N) is 4. The molecule has 4 aromatic carbocycles. The lowest BCUT2D eigenvalue weighted by Gasteiger charge is -2.29. The minimum atomic E-state index is -2.27. The number of anilines is 3. The van der Waals surface area contributed by atoms with Gasteiger partial charge in [-0.2, -0.15) is 0 Å². The molecule has 5 nitrogen and oxygen atoms in total. The fraction of sp³-hybridized carbons (Fsp3) is 0.256. The molecule has 222 valence electrons. The molecule has 3 heterocycles. The summed E-state index contributed by atoms with van der Waals surface area (Å²) < 4.78 is 33.5. The van der Waals surface area contributed by atoms with Gasteiger partial charge in [-0.1, -0.05) is 77.9 Å². The summed E-state index contributed by atoms with van der Waals surface area (Å²) in [7, 11) is 0. The average molecular weight is 584 g/mol. The largest absolute Gasteiger partial charge is 0.457 e. The SMILES string of the molecule is [2H]C([2H])([2H])N1CN(c2cc(Oc3ccc4c5ccccc5n(-c5cc(C(C)(C)C)ccn5)c4c3)ccc2C(C)(C)C)c2ccccc21. The molecule has 0 amide bonds. The lowest BCUT2D eigenvalue weighted by molar-refractivity contribution is 0.482. The van der Waals surface area contributed by atoms with Gasteiger partial charge in [0.1, 0.15) is 17.3 Å². The number of hydrogen-bond acceptors (Lipinski definition) is 4. The highest BCUT2D eigenvalue weighted by Gasteiger charge is 2.29. The van der Waals surface area contributed by atoms with E-state index in [1.165, 1.54) is 10.5 Å². The number of para-hydroxylation sites is 3. The van der Waals surface area contributed by atoms with Crippen LogP contribution in [0.25, 0.3) is 27.6 Å². The highest BCUT2D eigenvalue weighted by atomic mass is 16.5. The Morgan fingerprint density at radius 1 is 0.682 bits per heavy atom. The second kappa shape index (κ2) is 10.2. The summed E-state index contributed by atoms with van der Waals surface area (Å²) in [6.45, 7) is 11.1. The number of fused-ring (bicyclic) bond motifs is 4. The first kappa shape index (κ1) is 24.6. The Kier molecular flexibility index (Phi) is 5.69. The number of aromatic nitrogens is 2. The van der Waals surface area contributed by atoms with Crippen molar-refractivity contribution in [1.82, 2.24) is 9.55 Å². The Morgan fingerprint density at radius 3 is 2.16 bits per heavy atom. The maximum Gasteiger partial charge on any atom is 0.137 e. The van der Waals surface area contributed by atoms with Gasteiger partial charge >= 0.3 is 0 Å². The Morgan fingerprint density at radius 2 is 1.39 bits per heavy atom. The molecule has 2 aromatic heterocycles. The molecule has 0 radical (unpaired) electrons. The summed E-state index contributed by atoms with van der Waals surface area (Å²) in [5.74, 6) is 2.24. The highest BCUT2D eigenvalue weighted by Crippen LogP contribution is 2.45. The van der Waals surface area contributed by atoms with Crippen LogP contribution < -0.4 is 14.5 Å². The molecule has 0 unspecified atom stereocenters. The zero-order valence-corrected chi connectivity index (χ0v) is 26.2. The molecule has 0 atom stereocenters. The van der Waals surface area contributed by atoms with Gasteiger partial charge < -0.3 is 14.5 Å². The zero-order chi connectivity index (χ0) is 33.3. The molecule has 0 bridgehead atoms. The fourth-order valence-electron chi connectivity index (χ4n) is 6.26. The smallest absolute Gasteiger partial charge is 0.137 e. The highest BCUT2D eigenvalue weighted by molar-refractivity contribution is 6.09. The number of rotatable bonds is 4. The molecule has 1 aliphatic heterocycles. The van der Waals surface area contributed by atoms with Crippen LogP contribution in [-0.4, -0.2) is 23.2 Å². The second-order valence-electron chi connectivity index (χ2n) is 13.7. The molecule has 5 heteroatoms. The van der Waals surface area contributed by atoms with E-state index in [-0.39, 0.29) is 17.5 Å². The van der Waals surface area contributed by atoms with Crippen molar-refractivity contribution in [2.24, 2.45) is 0 Å². The van der Waals surface area contributed by atoms with E-state index in [1.807, 2.05) is 48.7 Å². The van der Waals surface area contributed by atoms with Crippen LogP contribution in [0.4, 0.5) is 17.1 Å². The molecule has 0 spiro atoms. The van der Waals surface area contributed by atoms with Gasteiger partial charge in [0.15, 0.2) is 0 Å². The van der Waals surface area contributed by atoms with Crippen molar-refractivity contribution in [2.75, 3.05) is 23.4 Å². The Bertz CT molecular complexity index is 2140. The van der Waals surface area contributed by atoms with Crippen molar-refractivity contribution < 1.29 is 8.85 Å². The molecule has 0 fully saturated rings. The third-order valence-corrected chi connectivity index (χ3v) is 8.54. The van der Waals surface area contributed by atoms with Crippen LogP contribution in [0, 0.1) is 0 Å². The van der Waals surface area contributed by atoms with Gasteiger partial charge in [-0.05, 0) is 70.5 Å². The number of ether oxygens (including phenoxy) is 1. The zero-order valence-electron chi connectivity index (χ0n) is 29.2. The van der Waals surface area contributed by atoms with Crippen molar-refractivity contribution in [3.63, 3.8) is 0 Å². The number of benzene rings is 4. The van der Waals surface area contributed by atoms with Gasteiger partial charge in [-0.25, -0.2) is 4.98 Å². The topological polar surface area (TPSA) is 33.5 Å². The quantitative estimate of drug-likeness (QED) is 0.207. The first-order valence-electron chi connectivity index (χ1n) is 16.7. The molecule has 0 N–H and O–H groups in total. The van der Waals surface area contributed by atoms with Crippen molar-refractivity contribution in [2.45, 2.75) is 52.4 Å². The first-order valence-corrected chi connectivity index (χ1v) is 15.2. The van der Waals surface area contributed by atoms with Crippen molar-refractivity contribution in [3.8, 4) is 17.3 Å². The normalized spacial score (nSPS) is 14.9. The summed E-state index contributed by atoms with van der Waals surface area (Å²) in [6, 6.07) is 32.7. The maximum absolute atomic E-state index is 8.21. The van der Waals surface area contributed by atoms with Crippen molar-refractivity contribution in [3.05, 3.63) is 114 Å². The Hall–Kier alpha value is -4.77. The van der Waals surface area contributed by atoms with Gasteiger partial charge in [0.25, 0.3) is 0 Å². The summed E-state index contributed by atoms with van der Waals surface area (Å²) >= 11 is 0. The van der Waals surface area contributed by atoms with Crippen LogP contribution >= 0.6 is 0 Å². The van der Waals surface area contributed by atoms with Crippen LogP contribution in [0.1, 0.15) is 56.8 Å². The van der Waals surface area contributed by atoms with Crippen molar-refractivity contribution in [1.29, 1.82) is 0 Å². The lowest BCUT2D eigenvalue weighted by Crippen LogP contribution is -2.26. The second-order valence-corrected chi connectivity index (χ2v) is 13.7. The average Bonchev–Trinajstić information content (AvgIpc) is 3.57. The third-order valence-electron chi connectivity index (χ3n) is 8.54. The van der Waals surface area contributed by atoms with Gasteiger partial charge in [-0.15, -0.1) is 0 Å². The predicted molar refractivity (Wildman–Crippen MR) is 184 cm³/mol. The van der Waals surface area contributed by atoms with Crippen LogP contribution in [0.5, 0.6) is 11.5 Å². The number of pyridine rings is 1. The van der Waals surface area contributed by atoms with E-state index in [2.05, 4.69) is 106 Å². The molecule has 44 heavy (non-hydrogen) atoms. The molecule has 0 saturated heterocycles. The maximum atomic E-state index is 8.21. The molecule has 1 aliphatic rings. The van der Waals surface area contributed by atoms with E-state index in [0.717, 1.165) is 44.6 Å². The lowest BCUT2D eigenvalue weighted by atomic mass is 9.85. The minimum Gasteiger partial charge on any atom is -0.457 e. The third kappa shape index (κ3) is 4.77. The summed E-state index contributed by atoms with van der Waals surface area (Å²) in [5.41, 5.74) is 6.69. The summed E-state index contributed by atoms with van der Waals surface area (Å²) in [5, 5.41) is 2.28. The molecule has 0 aliphatic carbocycles. The molecular weight excluding hydrogens is 540 g/mol. The van der Waals surface area contributed by atoms with E-state index in [4.69, 9.17) is 13.8 Å². The van der Waals surface area contributed by atoms with E-state index in [1.54, 1.807) is 0 Å². The number of hydrogen-bond donors (Lipinski definition) is 0. The van der Waals surface area contributed by atoms with Crippen LogP contribution in [0.3, 0.4) is 0 Å². The van der Waals surface area contributed by atoms with E-state index >= 15 is 0 Å². The van der Waals surface area contributed by atoms with Crippen molar-refractivity contribution >= 4 is 38.9 Å². The Labute approximate surface area is 264 Å². The molecular formula is C39H40N4O. The van der Waals surface area contributed by atoms with Crippen LogP contribution in [0.15, 0.2) is 103 Å². The molecule has 6 aromatic rings. The predicted octanol–water partition coefficient (Wildman–Crippen LogP) is 10.1. The van der Waals surface area contributed by atoms with Gasteiger partial charge in [-0.3, -0.25) is 4.57 Å². The van der Waals surface area contributed by atoms with Gasteiger partial charge in [0.2, 0.25) is 0 Å². The minimum absolute atomic E-state index is 0.0159. The summed E-state index contributed by atoms with van der Waals surface area (Å²) in [4.78, 5) is 8.38. The van der Waals surface area contributed by atoms with E-state index in [9.17, 15) is 0 Å². The molecule has 7 rings (SSSR count). The summed E-state index contributed by atoms with van der Waals surface area (Å²) in [6.07, 6.45) is 1.89. The fourth-order valence-corrected chi connectivity index (χ4v) is 6.26. The van der Waals surface area contributed by atoms with Gasteiger partial charge in [0.05, 0.1) is 34.8 Å². The van der Waals surface area contributed by atoms with E-state index < -0.39 is 6.98 Å². The van der Waals surface area contributed by atoms with E-state index in [0.29, 0.717) is 17.2 Å². The molecule has 0 saturated carbocycles.